The topological polar surface area (TPSA) is 35.8 Å². The van der Waals surface area contributed by atoms with Gasteiger partial charge >= 0.3 is 0 Å². The van der Waals surface area contributed by atoms with Crippen molar-refractivity contribution < 1.29 is 0 Å². The third-order valence-electron chi connectivity index (χ3n) is 1.10. The van der Waals surface area contributed by atoms with E-state index in [0.29, 0.717) is 5.37 Å². The van der Waals surface area contributed by atoms with Crippen LogP contribution in [0.2, 0.25) is 0 Å². The van der Waals surface area contributed by atoms with Gasteiger partial charge in [0.25, 0.3) is 0 Å². The van der Waals surface area contributed by atoms with Crippen molar-refractivity contribution in [1.82, 2.24) is 5.32 Å². The lowest BCUT2D eigenvalue weighted by molar-refractivity contribution is 0.742. The minimum absolute atomic E-state index is 0.185. The molecule has 8 heavy (non-hydrogen) atoms. The van der Waals surface area contributed by atoms with Gasteiger partial charge in [-0.05, 0) is 6.92 Å². The Labute approximate surface area is 53.3 Å². The fourth-order valence-electron chi connectivity index (χ4n) is 0.692. The van der Waals surface area contributed by atoms with Gasteiger partial charge in [0.15, 0.2) is 0 Å². The summed E-state index contributed by atoms with van der Waals surface area (Å²) >= 11 is 1.69. The fourth-order valence-corrected chi connectivity index (χ4v) is 1.63. The van der Waals surface area contributed by atoms with Gasteiger partial charge in [-0.25, -0.2) is 0 Å². The smallest absolute Gasteiger partial charge is 0.106 e. The molecule has 0 radical (unpaired) electrons. The average molecular weight is 128 g/mol. The molecule has 2 atom stereocenters. The van der Waals surface area contributed by atoms with Gasteiger partial charge in [-0.15, -0.1) is 11.8 Å². The van der Waals surface area contributed by atoms with Crippen LogP contribution in [0, 0.1) is 11.3 Å². The van der Waals surface area contributed by atoms with Crippen LogP contribution in [0.3, 0.4) is 0 Å². The molecule has 0 saturated carbocycles. The van der Waals surface area contributed by atoms with E-state index in [2.05, 4.69) is 18.3 Å². The molecule has 0 bridgehead atoms. The van der Waals surface area contributed by atoms with Crippen LogP contribution in [0.5, 0.6) is 0 Å². The van der Waals surface area contributed by atoms with E-state index in [-0.39, 0.29) is 5.25 Å². The molecule has 0 spiro atoms. The van der Waals surface area contributed by atoms with Crippen molar-refractivity contribution in [3.63, 3.8) is 0 Å². The Hall–Kier alpha value is -0.200. The summed E-state index contributed by atoms with van der Waals surface area (Å²) < 4.78 is 0. The summed E-state index contributed by atoms with van der Waals surface area (Å²) in [5.41, 5.74) is 0. The van der Waals surface area contributed by atoms with Crippen LogP contribution >= 0.6 is 11.8 Å². The molecule has 0 aromatic heterocycles. The second-order valence-corrected chi connectivity index (χ2v) is 3.35. The second-order valence-electron chi connectivity index (χ2n) is 1.80. The van der Waals surface area contributed by atoms with Gasteiger partial charge < -0.3 is 5.32 Å². The summed E-state index contributed by atoms with van der Waals surface area (Å²) in [7, 11) is 0. The third kappa shape index (κ3) is 1.15. The Bertz CT molecular complexity index is 118. The maximum atomic E-state index is 8.37. The van der Waals surface area contributed by atoms with E-state index >= 15 is 0 Å². The maximum absolute atomic E-state index is 8.37. The summed E-state index contributed by atoms with van der Waals surface area (Å²) in [6.45, 7) is 2.92. The first-order valence-corrected chi connectivity index (χ1v) is 3.55. The van der Waals surface area contributed by atoms with Gasteiger partial charge in [0.2, 0.25) is 0 Å². The summed E-state index contributed by atoms with van der Waals surface area (Å²) in [5, 5.41) is 12.2. The molecule has 1 aliphatic heterocycles. The van der Waals surface area contributed by atoms with Crippen molar-refractivity contribution in [1.29, 1.82) is 5.26 Å². The van der Waals surface area contributed by atoms with E-state index < -0.39 is 0 Å². The number of nitrogens with one attached hydrogen (secondary N) is 1. The quantitative estimate of drug-likeness (QED) is 0.518. The first-order valence-electron chi connectivity index (χ1n) is 2.61. The number of nitrogens with zero attached hydrogens (tertiary/aromatic N) is 1. The average Bonchev–Trinajstić information content (AvgIpc) is 2.14. The summed E-state index contributed by atoms with van der Waals surface area (Å²) in [4.78, 5) is 0. The largest absolute Gasteiger partial charge is 0.303 e. The van der Waals surface area contributed by atoms with Crippen molar-refractivity contribution in [2.75, 3.05) is 6.54 Å². The normalized spacial score (nSPS) is 37.0. The van der Waals surface area contributed by atoms with Gasteiger partial charge in [0, 0.05) is 6.54 Å². The van der Waals surface area contributed by atoms with E-state index in [0.717, 1.165) is 6.54 Å². The third-order valence-corrected chi connectivity index (χ3v) is 2.28. The van der Waals surface area contributed by atoms with E-state index in [9.17, 15) is 0 Å². The van der Waals surface area contributed by atoms with Crippen molar-refractivity contribution in [3.8, 4) is 6.07 Å². The Morgan fingerprint density at radius 3 is 2.88 bits per heavy atom. The van der Waals surface area contributed by atoms with Crippen molar-refractivity contribution >= 4 is 11.8 Å². The van der Waals surface area contributed by atoms with E-state index in [1.807, 2.05) is 0 Å². The Balaban J connectivity index is 2.35. The molecule has 0 aliphatic carbocycles. The van der Waals surface area contributed by atoms with E-state index in [1.165, 1.54) is 0 Å². The number of hydrogen-bond donors (Lipinski definition) is 1. The molecule has 1 rings (SSSR count). The molecule has 1 fully saturated rings. The lowest BCUT2D eigenvalue weighted by Gasteiger charge is -1.95. The lowest BCUT2D eigenvalue weighted by atomic mass is 10.4. The molecule has 1 N–H and O–H groups in total. The minimum atomic E-state index is 0.185. The standard InChI is InChI=1S/C5H8N2S/c1-4-7-3-5(2-6)8-4/h4-5,7H,3H2,1H3/t4-,5?/m1/s1. The van der Waals surface area contributed by atoms with Gasteiger partial charge in [0.05, 0.1) is 11.4 Å². The minimum Gasteiger partial charge on any atom is -0.303 e. The highest BCUT2D eigenvalue weighted by molar-refractivity contribution is 8.00. The first-order chi connectivity index (χ1) is 3.83. The van der Waals surface area contributed by atoms with Crippen LogP contribution in [0.25, 0.3) is 0 Å². The van der Waals surface area contributed by atoms with Crippen LogP contribution in [-0.2, 0) is 0 Å². The van der Waals surface area contributed by atoms with Crippen LogP contribution in [-0.4, -0.2) is 17.2 Å². The van der Waals surface area contributed by atoms with E-state index in [4.69, 9.17) is 5.26 Å². The molecule has 1 heterocycles. The Morgan fingerprint density at radius 2 is 2.62 bits per heavy atom. The highest BCUT2D eigenvalue weighted by Crippen LogP contribution is 2.20. The van der Waals surface area contributed by atoms with Crippen LogP contribution in [0.4, 0.5) is 0 Å². The number of rotatable bonds is 0. The number of hydrogen-bond acceptors (Lipinski definition) is 3. The fraction of sp³-hybridized carbons (Fsp3) is 0.800. The Morgan fingerprint density at radius 1 is 1.88 bits per heavy atom. The summed E-state index contributed by atoms with van der Waals surface area (Å²) in [6.07, 6.45) is 0. The Kier molecular flexibility index (Phi) is 1.77. The van der Waals surface area contributed by atoms with E-state index in [1.54, 1.807) is 11.8 Å². The molecule has 1 unspecified atom stereocenters. The molecule has 0 aromatic rings. The van der Waals surface area contributed by atoms with Crippen molar-refractivity contribution in [2.24, 2.45) is 0 Å². The highest BCUT2D eigenvalue weighted by Gasteiger charge is 2.19. The van der Waals surface area contributed by atoms with Crippen molar-refractivity contribution in [2.45, 2.75) is 17.5 Å². The summed E-state index contributed by atoms with van der Waals surface area (Å²) in [5.74, 6) is 0. The molecular weight excluding hydrogens is 120 g/mol. The van der Waals surface area contributed by atoms with Gasteiger partial charge in [-0.1, -0.05) is 0 Å². The van der Waals surface area contributed by atoms with Gasteiger partial charge in [-0.2, -0.15) is 5.26 Å². The van der Waals surface area contributed by atoms with Crippen molar-refractivity contribution in [3.05, 3.63) is 0 Å². The zero-order chi connectivity index (χ0) is 5.98. The summed E-state index contributed by atoms with van der Waals surface area (Å²) in [6, 6.07) is 2.19. The van der Waals surface area contributed by atoms with Crippen LogP contribution in [0.1, 0.15) is 6.92 Å². The first kappa shape index (κ1) is 5.93. The lowest BCUT2D eigenvalue weighted by Crippen LogP contribution is -2.16. The molecule has 44 valence electrons. The molecule has 1 saturated heterocycles. The zero-order valence-electron chi connectivity index (χ0n) is 4.72. The maximum Gasteiger partial charge on any atom is 0.106 e. The zero-order valence-corrected chi connectivity index (χ0v) is 5.53. The van der Waals surface area contributed by atoms with Gasteiger partial charge in [0.1, 0.15) is 5.25 Å². The van der Waals surface area contributed by atoms with Gasteiger partial charge in [-0.3, -0.25) is 0 Å². The van der Waals surface area contributed by atoms with Crippen LogP contribution < -0.4 is 5.32 Å². The molecular formula is C5H8N2S. The second kappa shape index (κ2) is 2.38. The number of nitriles is 1. The predicted octanol–water partition coefficient (Wildman–Crippen LogP) is 0.561. The molecule has 3 heteroatoms. The van der Waals surface area contributed by atoms with Crippen LogP contribution in [0.15, 0.2) is 0 Å². The number of thioether (sulfide) groups is 1. The molecule has 0 aromatic carbocycles. The molecule has 1 aliphatic rings. The highest BCUT2D eigenvalue weighted by atomic mass is 32.2. The molecule has 0 amide bonds. The monoisotopic (exact) mass is 128 g/mol. The predicted molar refractivity (Wildman–Crippen MR) is 34.5 cm³/mol. The SMILES string of the molecule is C[C@@H]1NCC(C#N)S1. The molecule has 2 nitrogen and oxygen atoms in total.